The van der Waals surface area contributed by atoms with Crippen molar-refractivity contribution in [2.75, 3.05) is 20.2 Å². The van der Waals surface area contributed by atoms with Crippen LogP contribution in [0.5, 0.6) is 5.75 Å². The molecule has 0 saturated carbocycles. The molecule has 1 aromatic rings. The normalized spacial score (nSPS) is 24.6. The van der Waals surface area contributed by atoms with Gasteiger partial charge in [0.2, 0.25) is 0 Å². The van der Waals surface area contributed by atoms with E-state index in [1.54, 1.807) is 42.7 Å². The number of hydrogen-bond acceptors (Lipinski definition) is 3. The van der Waals surface area contributed by atoms with Gasteiger partial charge in [-0.05, 0) is 37.0 Å². The van der Waals surface area contributed by atoms with E-state index >= 15 is 0 Å². The predicted octanol–water partition coefficient (Wildman–Crippen LogP) is 3.96. The van der Waals surface area contributed by atoms with E-state index < -0.39 is 17.4 Å². The van der Waals surface area contributed by atoms with Crippen LogP contribution in [-0.2, 0) is 5.60 Å². The van der Waals surface area contributed by atoms with E-state index in [1.165, 1.54) is 6.08 Å². The Morgan fingerprint density at radius 3 is 2.80 bits per heavy atom. The van der Waals surface area contributed by atoms with Crippen LogP contribution in [0.15, 0.2) is 47.7 Å². The topological polar surface area (TPSA) is 32.7 Å². The van der Waals surface area contributed by atoms with E-state index in [0.717, 1.165) is 6.08 Å². The van der Waals surface area contributed by atoms with Crippen LogP contribution in [0.1, 0.15) is 24.8 Å². The van der Waals surface area contributed by atoms with E-state index in [2.05, 4.69) is 0 Å². The van der Waals surface area contributed by atoms with Gasteiger partial charge >= 0.3 is 6.18 Å². The summed E-state index contributed by atoms with van der Waals surface area (Å²) in [6.45, 7) is 0.616. The Hall–Kier alpha value is -1.95. The molecule has 6 heteroatoms. The van der Waals surface area contributed by atoms with Crippen molar-refractivity contribution in [1.82, 2.24) is 4.90 Å². The first kappa shape index (κ1) is 17.9. The van der Waals surface area contributed by atoms with Gasteiger partial charge in [0.1, 0.15) is 11.4 Å². The van der Waals surface area contributed by atoms with Crippen LogP contribution in [-0.4, -0.2) is 36.4 Å². The second-order valence-electron chi connectivity index (χ2n) is 6.43. The highest BCUT2D eigenvalue weighted by atomic mass is 19.4. The number of allylic oxidation sites excluding steroid dienone is 4. The van der Waals surface area contributed by atoms with E-state index in [9.17, 15) is 18.3 Å². The summed E-state index contributed by atoms with van der Waals surface area (Å²) in [5.74, 6) is 0.616. The summed E-state index contributed by atoms with van der Waals surface area (Å²) >= 11 is 0. The van der Waals surface area contributed by atoms with Crippen molar-refractivity contribution in [2.24, 2.45) is 0 Å². The quantitative estimate of drug-likeness (QED) is 0.894. The summed E-state index contributed by atoms with van der Waals surface area (Å²) in [5.41, 5.74) is -1.02. The summed E-state index contributed by atoms with van der Waals surface area (Å²) in [6, 6.07) is 7.08. The number of piperidine rings is 1. The van der Waals surface area contributed by atoms with Gasteiger partial charge in [-0.1, -0.05) is 24.3 Å². The third-order valence-electron chi connectivity index (χ3n) is 4.73. The Kier molecular flexibility index (Phi) is 4.82. The number of halogens is 3. The van der Waals surface area contributed by atoms with Crippen LogP contribution >= 0.6 is 0 Å². The molecule has 3 rings (SSSR count). The molecule has 0 amide bonds. The first-order chi connectivity index (χ1) is 11.8. The number of methoxy groups -OCH3 is 1. The maximum Gasteiger partial charge on any atom is 0.418 e. The Balaban J connectivity index is 1.92. The van der Waals surface area contributed by atoms with Gasteiger partial charge in [0.05, 0.1) is 19.2 Å². The third-order valence-corrected chi connectivity index (χ3v) is 4.73. The molecule has 1 aliphatic carbocycles. The number of likely N-dealkylation sites (tertiary alicyclic amines) is 1. The van der Waals surface area contributed by atoms with Crippen LogP contribution in [0.3, 0.4) is 0 Å². The lowest BCUT2D eigenvalue weighted by Crippen LogP contribution is -2.46. The summed E-state index contributed by atoms with van der Waals surface area (Å²) in [6.07, 6.45) is 1.39. The highest BCUT2D eigenvalue weighted by Gasteiger charge is 2.41. The summed E-state index contributed by atoms with van der Waals surface area (Å²) in [5, 5.41) is 11.1. The number of benzene rings is 1. The van der Waals surface area contributed by atoms with Gasteiger partial charge in [0, 0.05) is 18.7 Å². The SMILES string of the molecule is COc1cccc(C2(O)CCCN(C3=C(C(F)(F)F)C=CC[CH]3)C2)c1. The number of β-amino-alcohol motifs (C(OH)–C–C–N with tert-alkyl or cyclic N) is 1. The average molecular weight is 352 g/mol. The van der Waals surface area contributed by atoms with Gasteiger partial charge in [0.25, 0.3) is 0 Å². The molecule has 0 bridgehead atoms. The van der Waals surface area contributed by atoms with Crippen LogP contribution < -0.4 is 4.74 Å². The van der Waals surface area contributed by atoms with Gasteiger partial charge in [0.15, 0.2) is 0 Å². The minimum absolute atomic E-state index is 0.124. The number of hydrogen-bond donors (Lipinski definition) is 1. The molecule has 1 radical (unpaired) electrons. The van der Waals surface area contributed by atoms with E-state index in [4.69, 9.17) is 4.74 Å². The van der Waals surface area contributed by atoms with Crippen LogP contribution in [0, 0.1) is 6.42 Å². The molecule has 1 aliphatic heterocycles. The first-order valence-corrected chi connectivity index (χ1v) is 8.26. The molecule has 2 aliphatic rings. The molecule has 1 aromatic carbocycles. The maximum atomic E-state index is 13.3. The molecule has 25 heavy (non-hydrogen) atoms. The van der Waals surface area contributed by atoms with Gasteiger partial charge in [-0.2, -0.15) is 13.2 Å². The van der Waals surface area contributed by atoms with Crippen molar-refractivity contribution in [1.29, 1.82) is 0 Å². The minimum Gasteiger partial charge on any atom is -0.497 e. The smallest absolute Gasteiger partial charge is 0.418 e. The highest BCUT2D eigenvalue weighted by molar-refractivity contribution is 5.39. The Morgan fingerprint density at radius 1 is 1.28 bits per heavy atom. The van der Waals surface area contributed by atoms with Crippen molar-refractivity contribution in [3.05, 3.63) is 59.7 Å². The highest BCUT2D eigenvalue weighted by Crippen LogP contribution is 2.39. The van der Waals surface area contributed by atoms with Crippen LogP contribution in [0.2, 0.25) is 0 Å². The number of nitrogens with zero attached hydrogens (tertiary/aromatic N) is 1. The van der Waals surface area contributed by atoms with Crippen LogP contribution in [0.4, 0.5) is 13.2 Å². The van der Waals surface area contributed by atoms with E-state index in [-0.39, 0.29) is 12.2 Å². The van der Waals surface area contributed by atoms with Crippen molar-refractivity contribution >= 4 is 0 Å². The van der Waals surface area contributed by atoms with Gasteiger partial charge < -0.3 is 14.7 Å². The second-order valence-corrected chi connectivity index (χ2v) is 6.43. The van der Waals surface area contributed by atoms with Gasteiger partial charge in [-0.25, -0.2) is 0 Å². The molecular formula is C19H21F3NO2. The molecule has 3 nitrogen and oxygen atoms in total. The lowest BCUT2D eigenvalue weighted by atomic mass is 9.84. The maximum absolute atomic E-state index is 13.3. The predicted molar refractivity (Wildman–Crippen MR) is 88.8 cm³/mol. The lowest BCUT2D eigenvalue weighted by molar-refractivity contribution is -0.0919. The van der Waals surface area contributed by atoms with Gasteiger partial charge in [-0.3, -0.25) is 0 Å². The number of alkyl halides is 3. The van der Waals surface area contributed by atoms with Crippen molar-refractivity contribution in [2.45, 2.75) is 31.0 Å². The molecule has 1 N–H and O–H groups in total. The number of ether oxygens (including phenoxy) is 1. The monoisotopic (exact) mass is 352 g/mol. The molecule has 0 spiro atoms. The van der Waals surface area contributed by atoms with Gasteiger partial charge in [-0.15, -0.1) is 0 Å². The number of aliphatic hydroxyl groups is 1. The second kappa shape index (κ2) is 6.75. The zero-order chi connectivity index (χ0) is 18.1. The fraction of sp³-hybridized carbons (Fsp3) is 0.421. The average Bonchev–Trinajstić information content (AvgIpc) is 2.61. The molecule has 1 fully saturated rings. The Labute approximate surface area is 145 Å². The summed E-state index contributed by atoms with van der Waals surface area (Å²) < 4.78 is 45.2. The molecule has 1 atom stereocenters. The fourth-order valence-electron chi connectivity index (χ4n) is 3.49. The van der Waals surface area contributed by atoms with Crippen molar-refractivity contribution in [3.8, 4) is 5.75 Å². The summed E-state index contributed by atoms with van der Waals surface area (Å²) in [7, 11) is 1.54. The zero-order valence-electron chi connectivity index (χ0n) is 14.0. The van der Waals surface area contributed by atoms with E-state index in [1.807, 2.05) is 0 Å². The van der Waals surface area contributed by atoms with Crippen molar-refractivity contribution in [3.63, 3.8) is 0 Å². The van der Waals surface area contributed by atoms with Crippen molar-refractivity contribution < 1.29 is 23.0 Å². The molecular weight excluding hydrogens is 331 g/mol. The minimum atomic E-state index is -4.41. The third kappa shape index (κ3) is 3.68. The Bertz CT molecular complexity index is 696. The van der Waals surface area contributed by atoms with Crippen LogP contribution in [0.25, 0.3) is 0 Å². The molecule has 1 unspecified atom stereocenters. The fourth-order valence-corrected chi connectivity index (χ4v) is 3.49. The largest absolute Gasteiger partial charge is 0.497 e. The van der Waals surface area contributed by atoms with E-state index in [0.29, 0.717) is 37.1 Å². The molecule has 1 saturated heterocycles. The molecule has 1 heterocycles. The molecule has 135 valence electrons. The summed E-state index contributed by atoms with van der Waals surface area (Å²) in [4.78, 5) is 1.65. The standard InChI is InChI=1S/C19H21F3NO2/c1-25-15-7-4-6-14(12-15)18(24)10-5-11-23(13-18)17-9-3-2-8-16(17)19(20,21)22/h2,4,6-9,12,24H,3,5,10-11,13H2,1H3. The first-order valence-electron chi connectivity index (χ1n) is 8.26. The molecule has 0 aromatic heterocycles. The number of rotatable bonds is 3. The lowest BCUT2D eigenvalue weighted by Gasteiger charge is -2.43. The Morgan fingerprint density at radius 2 is 2.08 bits per heavy atom. The zero-order valence-corrected chi connectivity index (χ0v) is 14.0.